The van der Waals surface area contributed by atoms with E-state index in [2.05, 4.69) is 15.4 Å². The predicted octanol–water partition coefficient (Wildman–Crippen LogP) is 2.15. The molecule has 3 aromatic rings. The monoisotopic (exact) mass is 310 g/mol. The van der Waals surface area contributed by atoms with Crippen LogP contribution in [0.4, 0.5) is 0 Å². The third-order valence-electron chi connectivity index (χ3n) is 3.78. The van der Waals surface area contributed by atoms with Crippen LogP contribution in [-0.4, -0.2) is 40.9 Å². The lowest BCUT2D eigenvalue weighted by atomic mass is 10.1. The third kappa shape index (κ3) is 2.98. The molecule has 0 atom stereocenters. The van der Waals surface area contributed by atoms with Gasteiger partial charge in [-0.2, -0.15) is 10.1 Å². The Morgan fingerprint density at radius 1 is 1.09 bits per heavy atom. The number of ether oxygens (including phenoxy) is 2. The molecule has 0 amide bonds. The van der Waals surface area contributed by atoms with Gasteiger partial charge in [-0.3, -0.25) is 0 Å². The first-order valence-corrected chi connectivity index (χ1v) is 7.81. The summed E-state index contributed by atoms with van der Waals surface area (Å²) in [7, 11) is 0. The highest BCUT2D eigenvalue weighted by molar-refractivity contribution is 5.77. The largest absolute Gasteiger partial charge is 0.494 e. The Balaban J connectivity index is 1.78. The highest BCUT2D eigenvalue weighted by Crippen LogP contribution is 2.27. The van der Waals surface area contributed by atoms with Crippen LogP contribution >= 0.6 is 0 Å². The van der Waals surface area contributed by atoms with Gasteiger partial charge in [0.05, 0.1) is 12.8 Å². The molecule has 6 nitrogen and oxygen atoms in total. The van der Waals surface area contributed by atoms with Gasteiger partial charge in [0.2, 0.25) is 5.88 Å². The molecule has 4 bridgehead atoms. The molecule has 4 rings (SSSR count). The highest BCUT2D eigenvalue weighted by Gasteiger charge is 2.10. The first-order chi connectivity index (χ1) is 11.4. The van der Waals surface area contributed by atoms with Crippen molar-refractivity contribution in [3.05, 3.63) is 42.7 Å². The number of hydrogen-bond donors (Lipinski definition) is 1. The van der Waals surface area contributed by atoms with Crippen LogP contribution in [0.3, 0.4) is 0 Å². The number of rotatable bonds is 0. The second-order valence-corrected chi connectivity index (χ2v) is 5.42. The lowest BCUT2D eigenvalue weighted by molar-refractivity contribution is 0.289. The van der Waals surface area contributed by atoms with E-state index in [0.717, 1.165) is 42.0 Å². The Morgan fingerprint density at radius 3 is 3.09 bits per heavy atom. The van der Waals surface area contributed by atoms with Gasteiger partial charge in [0.15, 0.2) is 5.65 Å². The lowest BCUT2D eigenvalue weighted by Crippen LogP contribution is -2.23. The number of fused-ring (bicyclic) bond motifs is 4. The molecular weight excluding hydrogens is 292 g/mol. The van der Waals surface area contributed by atoms with Gasteiger partial charge < -0.3 is 14.8 Å². The molecule has 0 aliphatic carbocycles. The first kappa shape index (κ1) is 14.0. The zero-order chi connectivity index (χ0) is 15.5. The molecule has 0 saturated carbocycles. The van der Waals surface area contributed by atoms with Crippen molar-refractivity contribution in [2.24, 2.45) is 0 Å². The summed E-state index contributed by atoms with van der Waals surface area (Å²) >= 11 is 0. The summed E-state index contributed by atoms with van der Waals surface area (Å²) in [5.74, 6) is 1.48. The summed E-state index contributed by atoms with van der Waals surface area (Å²) in [6, 6.07) is 9.87. The van der Waals surface area contributed by atoms with Crippen molar-refractivity contribution >= 4 is 5.65 Å². The minimum atomic E-state index is 0.585. The molecule has 118 valence electrons. The molecule has 6 heteroatoms. The third-order valence-corrected chi connectivity index (χ3v) is 3.78. The van der Waals surface area contributed by atoms with E-state index < -0.39 is 0 Å². The van der Waals surface area contributed by atoms with Crippen LogP contribution in [0.5, 0.6) is 11.6 Å². The normalized spacial score (nSPS) is 15.5. The van der Waals surface area contributed by atoms with E-state index in [4.69, 9.17) is 9.47 Å². The highest BCUT2D eigenvalue weighted by atomic mass is 16.5. The zero-order valence-electron chi connectivity index (χ0n) is 12.7. The van der Waals surface area contributed by atoms with Gasteiger partial charge in [-0.1, -0.05) is 12.1 Å². The van der Waals surface area contributed by atoms with Gasteiger partial charge in [0.25, 0.3) is 0 Å². The molecular formula is C17H18N4O2. The van der Waals surface area contributed by atoms with E-state index in [1.807, 2.05) is 42.7 Å². The van der Waals surface area contributed by atoms with Gasteiger partial charge in [0.1, 0.15) is 12.4 Å². The summed E-state index contributed by atoms with van der Waals surface area (Å²) < 4.78 is 13.3. The first-order valence-electron chi connectivity index (χ1n) is 7.81. The number of hydrogen-bond acceptors (Lipinski definition) is 5. The average Bonchev–Trinajstić information content (AvgIpc) is 3.00. The van der Waals surface area contributed by atoms with Crippen molar-refractivity contribution < 1.29 is 9.47 Å². The standard InChI is InChI=1S/C17H18N4O2/c1-3-13-11-14(4-1)22-9-2-6-18-7-10-23-16-5-8-21-17(20-16)15(13)12-19-21/h1,3-5,8,11-12,18H,2,6-7,9-10H2. The van der Waals surface area contributed by atoms with Crippen LogP contribution in [0.1, 0.15) is 6.42 Å². The van der Waals surface area contributed by atoms with Gasteiger partial charge in [-0.15, -0.1) is 0 Å². The molecule has 0 fully saturated rings. The minimum Gasteiger partial charge on any atom is -0.494 e. The lowest BCUT2D eigenvalue weighted by Gasteiger charge is -2.08. The molecule has 0 spiro atoms. The Kier molecular flexibility index (Phi) is 3.81. The predicted molar refractivity (Wildman–Crippen MR) is 86.9 cm³/mol. The number of benzene rings is 1. The summed E-state index contributed by atoms with van der Waals surface area (Å²) in [5.41, 5.74) is 2.78. The smallest absolute Gasteiger partial charge is 0.216 e. The Labute approximate surface area is 134 Å². The summed E-state index contributed by atoms with van der Waals surface area (Å²) in [6.07, 6.45) is 4.64. The SMILES string of the molecule is c1cc2cc(c1)-c1cnn3ccc(nc13)OCCNCCCO2. The van der Waals surface area contributed by atoms with E-state index in [0.29, 0.717) is 19.1 Å². The quantitative estimate of drug-likeness (QED) is 0.689. The topological polar surface area (TPSA) is 60.7 Å². The number of nitrogens with zero attached hydrogens (tertiary/aromatic N) is 3. The molecule has 1 aromatic carbocycles. The van der Waals surface area contributed by atoms with E-state index in [1.165, 1.54) is 0 Å². The second-order valence-electron chi connectivity index (χ2n) is 5.42. The van der Waals surface area contributed by atoms with Crippen molar-refractivity contribution in [2.45, 2.75) is 6.42 Å². The molecule has 1 aliphatic rings. The summed E-state index contributed by atoms with van der Waals surface area (Å²) in [4.78, 5) is 4.59. The maximum atomic E-state index is 5.83. The van der Waals surface area contributed by atoms with Gasteiger partial charge in [-0.25, -0.2) is 4.52 Å². The van der Waals surface area contributed by atoms with E-state index in [1.54, 1.807) is 4.52 Å². The van der Waals surface area contributed by atoms with Crippen LogP contribution in [0, 0.1) is 0 Å². The van der Waals surface area contributed by atoms with Crippen molar-refractivity contribution in [1.29, 1.82) is 0 Å². The van der Waals surface area contributed by atoms with E-state index in [-0.39, 0.29) is 0 Å². The molecule has 0 saturated heterocycles. The van der Waals surface area contributed by atoms with Crippen molar-refractivity contribution in [3.8, 4) is 22.8 Å². The number of nitrogens with one attached hydrogen (secondary N) is 1. The van der Waals surface area contributed by atoms with Crippen LogP contribution in [-0.2, 0) is 0 Å². The van der Waals surface area contributed by atoms with Crippen LogP contribution in [0.15, 0.2) is 42.7 Å². The fourth-order valence-corrected chi connectivity index (χ4v) is 2.63. The van der Waals surface area contributed by atoms with Crippen molar-refractivity contribution in [1.82, 2.24) is 19.9 Å². The van der Waals surface area contributed by atoms with Crippen molar-refractivity contribution in [2.75, 3.05) is 26.3 Å². The molecule has 1 aliphatic heterocycles. The molecule has 2 aromatic heterocycles. The molecule has 0 unspecified atom stereocenters. The second kappa shape index (κ2) is 6.26. The van der Waals surface area contributed by atoms with E-state index >= 15 is 0 Å². The Bertz CT molecular complexity index is 815. The molecule has 3 heterocycles. The van der Waals surface area contributed by atoms with Gasteiger partial charge >= 0.3 is 0 Å². The fourth-order valence-electron chi connectivity index (χ4n) is 2.63. The number of aromatic nitrogens is 3. The molecule has 23 heavy (non-hydrogen) atoms. The Morgan fingerprint density at radius 2 is 2.09 bits per heavy atom. The van der Waals surface area contributed by atoms with Crippen LogP contribution in [0.2, 0.25) is 0 Å². The molecule has 0 radical (unpaired) electrons. The zero-order valence-corrected chi connectivity index (χ0v) is 12.7. The fraction of sp³-hybridized carbons (Fsp3) is 0.294. The maximum Gasteiger partial charge on any atom is 0.216 e. The maximum absolute atomic E-state index is 5.83. The van der Waals surface area contributed by atoms with Crippen LogP contribution < -0.4 is 14.8 Å². The average molecular weight is 310 g/mol. The minimum absolute atomic E-state index is 0.585. The molecule has 1 N–H and O–H groups in total. The van der Waals surface area contributed by atoms with Crippen molar-refractivity contribution in [3.63, 3.8) is 0 Å². The Hall–Kier alpha value is -2.60. The summed E-state index contributed by atoms with van der Waals surface area (Å²) in [6.45, 7) is 2.96. The van der Waals surface area contributed by atoms with Gasteiger partial charge in [0, 0.05) is 24.4 Å². The van der Waals surface area contributed by atoms with Crippen LogP contribution in [0.25, 0.3) is 16.8 Å². The summed E-state index contributed by atoms with van der Waals surface area (Å²) in [5, 5.41) is 7.70. The van der Waals surface area contributed by atoms with Gasteiger partial charge in [-0.05, 0) is 30.7 Å². The van der Waals surface area contributed by atoms with E-state index in [9.17, 15) is 0 Å².